The van der Waals surface area contributed by atoms with Crippen LogP contribution in [0.4, 0.5) is 0 Å². The summed E-state index contributed by atoms with van der Waals surface area (Å²) in [5.41, 5.74) is 0.291. The highest BCUT2D eigenvalue weighted by Crippen LogP contribution is 2.50. The van der Waals surface area contributed by atoms with E-state index in [4.69, 9.17) is 0 Å². The van der Waals surface area contributed by atoms with Gasteiger partial charge < -0.3 is 10.4 Å². The van der Waals surface area contributed by atoms with Crippen LogP contribution in [0.5, 0.6) is 5.75 Å². The van der Waals surface area contributed by atoms with Gasteiger partial charge in [0.25, 0.3) is 0 Å². The first-order chi connectivity index (χ1) is 13.4. The Labute approximate surface area is 175 Å². The van der Waals surface area contributed by atoms with Crippen molar-refractivity contribution in [3.8, 4) is 5.75 Å². The number of hydrogen-bond acceptors (Lipinski definition) is 3. The van der Waals surface area contributed by atoms with E-state index in [1.54, 1.807) is 12.1 Å². The fourth-order valence-electron chi connectivity index (χ4n) is 5.51. The van der Waals surface area contributed by atoms with E-state index < -0.39 is 11.1 Å². The van der Waals surface area contributed by atoms with Gasteiger partial charge in [-0.15, -0.1) is 10.3 Å². The average molecular weight is 402 g/mol. The Bertz CT molecular complexity index is 710. The summed E-state index contributed by atoms with van der Waals surface area (Å²) in [4.78, 5) is 12.9. The first-order valence-corrected chi connectivity index (χ1v) is 11.0. The third kappa shape index (κ3) is 4.95. The maximum absolute atomic E-state index is 12.9. The maximum Gasteiger partial charge on any atom is 0.223 e. The van der Waals surface area contributed by atoms with Gasteiger partial charge in [-0.05, 0) is 88.8 Å². The van der Waals surface area contributed by atoms with Crippen molar-refractivity contribution in [2.24, 2.45) is 23.7 Å². The van der Waals surface area contributed by atoms with Crippen LogP contribution in [-0.2, 0) is 16.4 Å². The number of hydroxylamine groups is 2. The number of carbonyl (C=O) groups excluding carboxylic acids is 1. The highest BCUT2D eigenvalue weighted by atomic mass is 16.5. The predicted molar refractivity (Wildman–Crippen MR) is 114 cm³/mol. The van der Waals surface area contributed by atoms with Crippen LogP contribution in [-0.4, -0.2) is 33.2 Å². The summed E-state index contributed by atoms with van der Waals surface area (Å²) in [6.45, 7) is 12.2. The van der Waals surface area contributed by atoms with Crippen molar-refractivity contribution in [1.82, 2.24) is 10.4 Å². The van der Waals surface area contributed by atoms with Gasteiger partial charge in [-0.2, -0.15) is 0 Å². The van der Waals surface area contributed by atoms with Crippen LogP contribution in [0, 0.1) is 23.7 Å². The Morgan fingerprint density at radius 1 is 1.10 bits per heavy atom. The summed E-state index contributed by atoms with van der Waals surface area (Å²) < 4.78 is 0. The molecule has 1 aromatic carbocycles. The molecule has 5 nitrogen and oxygen atoms in total. The van der Waals surface area contributed by atoms with Crippen molar-refractivity contribution < 1.29 is 15.1 Å². The number of carbonyl (C=O) groups is 1. The van der Waals surface area contributed by atoms with E-state index in [2.05, 4.69) is 12.2 Å². The molecule has 2 N–H and O–H groups in total. The fourth-order valence-corrected chi connectivity index (χ4v) is 5.51. The zero-order valence-electron chi connectivity index (χ0n) is 18.7. The molecular formula is C24H37N2O3. The molecular weight excluding hydrogens is 364 g/mol. The SMILES string of the molecule is C[C@H](C(=O)NC1CC(C)(C)N([O])C(C)(C)C1)[C@@H]1C[C@H]1[C@@H](C)Cc1ccc(O)cc1. The van der Waals surface area contributed by atoms with E-state index in [9.17, 15) is 15.1 Å². The molecule has 0 spiro atoms. The quantitative estimate of drug-likeness (QED) is 0.745. The second-order valence-corrected chi connectivity index (χ2v) is 10.7. The fraction of sp³-hybridized carbons (Fsp3) is 0.708. The van der Waals surface area contributed by atoms with Crippen molar-refractivity contribution in [3.05, 3.63) is 29.8 Å². The molecule has 3 rings (SSSR count). The van der Waals surface area contributed by atoms with E-state index in [1.807, 2.05) is 46.8 Å². The highest BCUT2D eigenvalue weighted by Gasteiger charge is 2.49. The predicted octanol–water partition coefficient (Wildman–Crippen LogP) is 4.33. The molecule has 1 heterocycles. The van der Waals surface area contributed by atoms with Crippen LogP contribution in [0.25, 0.3) is 0 Å². The van der Waals surface area contributed by atoms with Gasteiger partial charge in [-0.1, -0.05) is 26.0 Å². The second-order valence-electron chi connectivity index (χ2n) is 10.7. The lowest BCUT2D eigenvalue weighted by molar-refractivity contribution is -0.290. The topological polar surface area (TPSA) is 72.5 Å². The first-order valence-electron chi connectivity index (χ1n) is 11.0. The Morgan fingerprint density at radius 2 is 1.66 bits per heavy atom. The van der Waals surface area contributed by atoms with Gasteiger partial charge in [-0.3, -0.25) is 4.79 Å². The summed E-state index contributed by atoms with van der Waals surface area (Å²) >= 11 is 0. The molecule has 2 aliphatic rings. The van der Waals surface area contributed by atoms with E-state index in [-0.39, 0.29) is 17.9 Å². The van der Waals surface area contributed by atoms with Crippen molar-refractivity contribution in [2.45, 2.75) is 84.3 Å². The van der Waals surface area contributed by atoms with Crippen LogP contribution in [0.1, 0.15) is 66.4 Å². The molecule has 1 radical (unpaired) electrons. The molecule has 1 saturated heterocycles. The number of aromatic hydroxyl groups is 1. The van der Waals surface area contributed by atoms with Crippen LogP contribution in [0.15, 0.2) is 24.3 Å². The van der Waals surface area contributed by atoms with Gasteiger partial charge >= 0.3 is 0 Å². The number of nitrogens with zero attached hydrogens (tertiary/aromatic N) is 1. The minimum Gasteiger partial charge on any atom is -0.508 e. The average Bonchev–Trinajstić information content (AvgIpc) is 3.41. The highest BCUT2D eigenvalue weighted by molar-refractivity contribution is 5.79. The molecule has 0 unspecified atom stereocenters. The molecule has 1 saturated carbocycles. The van der Waals surface area contributed by atoms with E-state index in [0.717, 1.165) is 12.8 Å². The Kier molecular flexibility index (Phi) is 6.03. The Morgan fingerprint density at radius 3 is 2.21 bits per heavy atom. The number of phenolic OH excluding ortho intramolecular Hbond substituents is 1. The van der Waals surface area contributed by atoms with Crippen molar-refractivity contribution >= 4 is 5.91 Å². The molecule has 1 aromatic rings. The van der Waals surface area contributed by atoms with Gasteiger partial charge in [0, 0.05) is 23.0 Å². The van der Waals surface area contributed by atoms with Crippen LogP contribution in [0.2, 0.25) is 0 Å². The van der Waals surface area contributed by atoms with Crippen LogP contribution in [0.3, 0.4) is 0 Å². The molecule has 161 valence electrons. The first kappa shape index (κ1) is 22.1. The molecule has 0 aromatic heterocycles. The number of phenols is 1. The number of benzene rings is 1. The lowest BCUT2D eigenvalue weighted by atomic mass is 9.78. The van der Waals surface area contributed by atoms with Gasteiger partial charge in [0.05, 0.1) is 0 Å². The minimum atomic E-state index is -0.469. The van der Waals surface area contributed by atoms with E-state index in [1.165, 1.54) is 10.6 Å². The maximum atomic E-state index is 12.9. The molecule has 1 amide bonds. The van der Waals surface area contributed by atoms with Crippen molar-refractivity contribution in [3.63, 3.8) is 0 Å². The largest absolute Gasteiger partial charge is 0.508 e. The van der Waals surface area contributed by atoms with Gasteiger partial charge in [0.2, 0.25) is 5.91 Å². The number of rotatable bonds is 6. The van der Waals surface area contributed by atoms with Gasteiger partial charge in [0.1, 0.15) is 5.75 Å². The number of nitrogens with one attached hydrogen (secondary N) is 1. The summed E-state index contributed by atoms with van der Waals surface area (Å²) in [5, 5.41) is 26.4. The Hall–Kier alpha value is -1.59. The van der Waals surface area contributed by atoms with Gasteiger partial charge in [0.15, 0.2) is 0 Å². The van der Waals surface area contributed by atoms with Crippen LogP contribution < -0.4 is 5.32 Å². The van der Waals surface area contributed by atoms with E-state index in [0.29, 0.717) is 36.3 Å². The molecule has 2 fully saturated rings. The molecule has 0 bridgehead atoms. The monoisotopic (exact) mass is 401 g/mol. The lowest BCUT2D eigenvalue weighted by Gasteiger charge is -2.50. The van der Waals surface area contributed by atoms with Crippen molar-refractivity contribution in [2.75, 3.05) is 0 Å². The molecule has 1 aliphatic heterocycles. The minimum absolute atomic E-state index is 0.00114. The van der Waals surface area contributed by atoms with Crippen molar-refractivity contribution in [1.29, 1.82) is 0 Å². The molecule has 1 aliphatic carbocycles. The molecule has 29 heavy (non-hydrogen) atoms. The summed E-state index contributed by atoms with van der Waals surface area (Å²) in [6.07, 6.45) is 3.44. The number of amides is 1. The third-order valence-electron chi connectivity index (χ3n) is 7.11. The normalized spacial score (nSPS) is 28.5. The second kappa shape index (κ2) is 7.92. The van der Waals surface area contributed by atoms with Gasteiger partial charge in [-0.25, -0.2) is 0 Å². The third-order valence-corrected chi connectivity index (χ3v) is 7.11. The molecule has 5 heteroatoms. The number of piperidine rings is 1. The summed E-state index contributed by atoms with van der Waals surface area (Å²) in [6, 6.07) is 7.47. The Balaban J connectivity index is 1.53. The summed E-state index contributed by atoms with van der Waals surface area (Å²) in [5.74, 6) is 1.94. The number of hydrogen-bond donors (Lipinski definition) is 2. The van der Waals surface area contributed by atoms with E-state index >= 15 is 0 Å². The molecule has 4 atom stereocenters. The standard InChI is InChI=1S/C24H37N2O3/c1-15(11-17-7-9-19(27)10-8-17)20-12-21(20)16(2)22(28)25-18-13-23(3,4)26(29)24(5,6)14-18/h7-10,15-16,18,20-21,27H,11-14H2,1-6H3,(H,25,28)/t15-,16-,20-,21-/m0/s1. The smallest absolute Gasteiger partial charge is 0.223 e. The summed E-state index contributed by atoms with van der Waals surface area (Å²) in [7, 11) is 0. The zero-order valence-corrected chi connectivity index (χ0v) is 18.7. The van der Waals surface area contributed by atoms with Crippen LogP contribution >= 0.6 is 0 Å². The lowest BCUT2D eigenvalue weighted by Crippen LogP contribution is -2.62. The zero-order chi connectivity index (χ0) is 21.6.